The summed E-state index contributed by atoms with van der Waals surface area (Å²) >= 11 is 0. The van der Waals surface area contributed by atoms with E-state index in [9.17, 15) is 4.79 Å². The molecule has 0 bridgehead atoms. The molecule has 1 fully saturated rings. The Bertz CT molecular complexity index is 390. The van der Waals surface area contributed by atoms with Crippen LogP contribution in [0.2, 0.25) is 0 Å². The Hall–Kier alpha value is -1.32. The third-order valence-electron chi connectivity index (χ3n) is 3.34. The first-order valence-corrected chi connectivity index (χ1v) is 5.37. The number of nitrogens with zero attached hydrogens (tertiary/aromatic N) is 2. The quantitative estimate of drug-likeness (QED) is 0.809. The Balaban J connectivity index is 2.39. The number of rotatable bonds is 2. The molecule has 1 aromatic heterocycles. The Morgan fingerprint density at radius 1 is 1.47 bits per heavy atom. The van der Waals surface area contributed by atoms with Crippen molar-refractivity contribution >= 4 is 5.97 Å². The van der Waals surface area contributed by atoms with Gasteiger partial charge in [0, 0.05) is 18.7 Å². The molecule has 1 aromatic rings. The summed E-state index contributed by atoms with van der Waals surface area (Å²) in [6.45, 7) is 1.81. The predicted molar refractivity (Wildman–Crippen MR) is 56.1 cm³/mol. The third kappa shape index (κ3) is 1.64. The first kappa shape index (κ1) is 10.2. The molecule has 15 heavy (non-hydrogen) atoms. The second kappa shape index (κ2) is 3.68. The van der Waals surface area contributed by atoms with Crippen LogP contribution < -0.4 is 0 Å². The molecule has 82 valence electrons. The molecule has 0 unspecified atom stereocenters. The van der Waals surface area contributed by atoms with Gasteiger partial charge >= 0.3 is 5.97 Å². The molecule has 1 aliphatic rings. The van der Waals surface area contributed by atoms with Crippen molar-refractivity contribution < 1.29 is 9.90 Å². The molecule has 0 radical (unpaired) electrons. The van der Waals surface area contributed by atoms with Crippen LogP contribution in [0.15, 0.2) is 0 Å². The van der Waals surface area contributed by atoms with Gasteiger partial charge < -0.3 is 9.67 Å². The maximum absolute atomic E-state index is 10.9. The summed E-state index contributed by atoms with van der Waals surface area (Å²) < 4.78 is 1.93. The van der Waals surface area contributed by atoms with E-state index in [1.54, 1.807) is 0 Å². The van der Waals surface area contributed by atoms with Gasteiger partial charge in [0.25, 0.3) is 0 Å². The molecule has 0 atom stereocenters. The van der Waals surface area contributed by atoms with Gasteiger partial charge in [0.15, 0.2) is 5.69 Å². The fourth-order valence-corrected chi connectivity index (χ4v) is 2.35. The predicted octanol–water partition coefficient (Wildman–Crippen LogP) is 2.08. The van der Waals surface area contributed by atoms with Crippen molar-refractivity contribution in [1.29, 1.82) is 0 Å². The highest BCUT2D eigenvalue weighted by atomic mass is 16.4. The van der Waals surface area contributed by atoms with Crippen LogP contribution in [-0.4, -0.2) is 20.6 Å². The topological polar surface area (TPSA) is 55.1 Å². The van der Waals surface area contributed by atoms with Crippen molar-refractivity contribution in [2.24, 2.45) is 7.05 Å². The smallest absolute Gasteiger partial charge is 0.356 e. The van der Waals surface area contributed by atoms with Gasteiger partial charge in [-0.1, -0.05) is 12.8 Å². The second-order valence-corrected chi connectivity index (χ2v) is 4.25. The first-order valence-electron chi connectivity index (χ1n) is 5.37. The molecule has 1 heterocycles. The number of aromatic carboxylic acids is 1. The molecule has 1 aliphatic carbocycles. The van der Waals surface area contributed by atoms with Crippen LogP contribution in [0.3, 0.4) is 0 Å². The van der Waals surface area contributed by atoms with Crippen LogP contribution in [0.4, 0.5) is 0 Å². The summed E-state index contributed by atoms with van der Waals surface area (Å²) in [5.74, 6) is 0.483. The van der Waals surface area contributed by atoms with Crippen LogP contribution in [0, 0.1) is 6.92 Å². The number of hydrogen-bond acceptors (Lipinski definition) is 2. The van der Waals surface area contributed by atoms with Crippen molar-refractivity contribution in [3.8, 4) is 0 Å². The molecule has 1 saturated carbocycles. The van der Waals surface area contributed by atoms with Crippen LogP contribution in [0.1, 0.15) is 53.6 Å². The molecule has 4 heteroatoms. The standard InChI is InChI=1S/C11H16N2O2/c1-7-9(11(14)15)12-10(13(7)2)8-5-3-4-6-8/h8H,3-6H2,1-2H3,(H,14,15). The Morgan fingerprint density at radius 2 is 2.07 bits per heavy atom. The lowest BCUT2D eigenvalue weighted by molar-refractivity contribution is 0.0690. The Morgan fingerprint density at radius 3 is 2.53 bits per heavy atom. The van der Waals surface area contributed by atoms with Crippen LogP contribution in [0.5, 0.6) is 0 Å². The number of hydrogen-bond donors (Lipinski definition) is 1. The summed E-state index contributed by atoms with van der Waals surface area (Å²) in [6, 6.07) is 0. The van der Waals surface area contributed by atoms with E-state index in [1.165, 1.54) is 12.8 Å². The largest absolute Gasteiger partial charge is 0.476 e. The van der Waals surface area contributed by atoms with Gasteiger partial charge in [-0.15, -0.1) is 0 Å². The minimum absolute atomic E-state index is 0.208. The summed E-state index contributed by atoms with van der Waals surface area (Å²) in [5.41, 5.74) is 0.962. The molecule has 0 spiro atoms. The normalized spacial score (nSPS) is 17.2. The third-order valence-corrected chi connectivity index (χ3v) is 3.34. The minimum Gasteiger partial charge on any atom is -0.476 e. The highest BCUT2D eigenvalue weighted by molar-refractivity contribution is 5.86. The average molecular weight is 208 g/mol. The van der Waals surface area contributed by atoms with E-state index in [0.717, 1.165) is 24.4 Å². The lowest BCUT2D eigenvalue weighted by atomic mass is 10.1. The summed E-state index contributed by atoms with van der Waals surface area (Å²) in [6.07, 6.45) is 4.75. The zero-order chi connectivity index (χ0) is 11.0. The molecule has 0 saturated heterocycles. The molecule has 0 aliphatic heterocycles. The fourth-order valence-electron chi connectivity index (χ4n) is 2.35. The monoisotopic (exact) mass is 208 g/mol. The molecule has 0 amide bonds. The number of carboxylic acids is 1. The Kier molecular flexibility index (Phi) is 2.50. The van der Waals surface area contributed by atoms with E-state index in [-0.39, 0.29) is 5.69 Å². The zero-order valence-corrected chi connectivity index (χ0v) is 9.16. The molecule has 4 nitrogen and oxygen atoms in total. The van der Waals surface area contributed by atoms with Gasteiger partial charge in [0.05, 0.1) is 0 Å². The SMILES string of the molecule is Cc1c(C(=O)O)nc(C2CCCC2)n1C. The van der Waals surface area contributed by atoms with Gasteiger partial charge in [-0.25, -0.2) is 9.78 Å². The first-order chi connectivity index (χ1) is 7.11. The number of aromatic nitrogens is 2. The van der Waals surface area contributed by atoms with Gasteiger partial charge in [0.2, 0.25) is 0 Å². The van der Waals surface area contributed by atoms with Gasteiger partial charge in [0.1, 0.15) is 5.82 Å². The molecule has 2 rings (SSSR count). The van der Waals surface area contributed by atoms with Crippen LogP contribution in [-0.2, 0) is 7.05 Å². The van der Waals surface area contributed by atoms with E-state index in [1.807, 2.05) is 18.5 Å². The lowest BCUT2D eigenvalue weighted by Crippen LogP contribution is -2.03. The average Bonchev–Trinajstić information content (AvgIpc) is 2.77. The number of carboxylic acid groups (broad SMARTS) is 1. The second-order valence-electron chi connectivity index (χ2n) is 4.25. The van der Waals surface area contributed by atoms with E-state index < -0.39 is 5.97 Å². The van der Waals surface area contributed by atoms with E-state index >= 15 is 0 Å². The molecular formula is C11H16N2O2. The maximum atomic E-state index is 10.9. The number of carbonyl (C=O) groups is 1. The highest BCUT2D eigenvalue weighted by Gasteiger charge is 2.25. The summed E-state index contributed by atoms with van der Waals surface area (Å²) in [7, 11) is 1.91. The number of imidazole rings is 1. The van der Waals surface area contributed by atoms with E-state index in [2.05, 4.69) is 4.98 Å². The van der Waals surface area contributed by atoms with E-state index in [0.29, 0.717) is 5.92 Å². The van der Waals surface area contributed by atoms with Crippen LogP contribution >= 0.6 is 0 Å². The van der Waals surface area contributed by atoms with Crippen LogP contribution in [0.25, 0.3) is 0 Å². The van der Waals surface area contributed by atoms with Crippen molar-refractivity contribution in [2.45, 2.75) is 38.5 Å². The van der Waals surface area contributed by atoms with E-state index in [4.69, 9.17) is 5.11 Å². The molecule has 0 aromatic carbocycles. The summed E-state index contributed by atoms with van der Waals surface area (Å²) in [5, 5.41) is 8.97. The van der Waals surface area contributed by atoms with Crippen molar-refractivity contribution in [2.75, 3.05) is 0 Å². The van der Waals surface area contributed by atoms with Crippen molar-refractivity contribution in [3.05, 3.63) is 17.2 Å². The van der Waals surface area contributed by atoms with Crippen molar-refractivity contribution in [3.63, 3.8) is 0 Å². The highest BCUT2D eigenvalue weighted by Crippen LogP contribution is 2.33. The fraction of sp³-hybridized carbons (Fsp3) is 0.636. The van der Waals surface area contributed by atoms with Gasteiger partial charge in [-0.05, 0) is 19.8 Å². The molecule has 1 N–H and O–H groups in total. The Labute approximate surface area is 88.9 Å². The van der Waals surface area contributed by atoms with Crippen molar-refractivity contribution in [1.82, 2.24) is 9.55 Å². The maximum Gasteiger partial charge on any atom is 0.356 e. The lowest BCUT2D eigenvalue weighted by Gasteiger charge is -2.08. The zero-order valence-electron chi connectivity index (χ0n) is 9.16. The summed E-state index contributed by atoms with van der Waals surface area (Å²) in [4.78, 5) is 15.2. The molecular weight excluding hydrogens is 192 g/mol. The minimum atomic E-state index is -0.924. The van der Waals surface area contributed by atoms with Gasteiger partial charge in [-0.2, -0.15) is 0 Å². The van der Waals surface area contributed by atoms with Gasteiger partial charge in [-0.3, -0.25) is 0 Å².